The number of nitrogens with two attached hydrogens (primary N) is 1. The summed E-state index contributed by atoms with van der Waals surface area (Å²) < 4.78 is 7.47. The van der Waals surface area contributed by atoms with E-state index in [0.717, 1.165) is 11.6 Å². The Labute approximate surface area is 123 Å². The van der Waals surface area contributed by atoms with Crippen molar-refractivity contribution in [1.82, 2.24) is 14.8 Å². The van der Waals surface area contributed by atoms with E-state index in [1.807, 2.05) is 48.9 Å². The highest BCUT2D eigenvalue weighted by Crippen LogP contribution is 2.11. The van der Waals surface area contributed by atoms with Gasteiger partial charge in [-0.25, -0.2) is 9.67 Å². The van der Waals surface area contributed by atoms with Crippen LogP contribution < -0.4 is 10.5 Å². The van der Waals surface area contributed by atoms with Gasteiger partial charge >= 0.3 is 0 Å². The van der Waals surface area contributed by atoms with E-state index in [1.54, 1.807) is 0 Å². The first kappa shape index (κ1) is 15.0. The van der Waals surface area contributed by atoms with E-state index in [4.69, 9.17) is 10.5 Å². The van der Waals surface area contributed by atoms with Crippen LogP contribution >= 0.6 is 0 Å². The fourth-order valence-electron chi connectivity index (χ4n) is 2.00. The van der Waals surface area contributed by atoms with Gasteiger partial charge in [0.1, 0.15) is 11.6 Å². The van der Waals surface area contributed by atoms with Crippen molar-refractivity contribution in [2.75, 3.05) is 6.61 Å². The van der Waals surface area contributed by atoms with Gasteiger partial charge in [-0.3, -0.25) is 4.79 Å². The van der Waals surface area contributed by atoms with Crippen LogP contribution in [-0.4, -0.2) is 27.3 Å². The lowest BCUT2D eigenvalue weighted by Gasteiger charge is -2.10. The van der Waals surface area contributed by atoms with Crippen LogP contribution in [0, 0.1) is 0 Å². The zero-order valence-corrected chi connectivity index (χ0v) is 12.3. The number of hydrogen-bond acceptors (Lipinski definition) is 4. The van der Waals surface area contributed by atoms with Crippen LogP contribution in [0.5, 0.6) is 5.75 Å². The zero-order chi connectivity index (χ0) is 15.2. The molecular weight excluding hydrogens is 268 g/mol. The van der Waals surface area contributed by atoms with E-state index in [0.29, 0.717) is 18.9 Å². The van der Waals surface area contributed by atoms with Crippen molar-refractivity contribution >= 4 is 5.91 Å². The molecule has 0 radical (unpaired) electrons. The van der Waals surface area contributed by atoms with Crippen LogP contribution in [0.25, 0.3) is 0 Å². The van der Waals surface area contributed by atoms with Crippen molar-refractivity contribution in [2.24, 2.45) is 5.73 Å². The van der Waals surface area contributed by atoms with Gasteiger partial charge in [0, 0.05) is 12.5 Å². The average molecular weight is 288 g/mol. The molecule has 0 fully saturated rings. The Morgan fingerprint density at radius 2 is 2.05 bits per heavy atom. The van der Waals surface area contributed by atoms with Crippen LogP contribution in [0.1, 0.15) is 31.5 Å². The number of carbonyl (C=O) groups is 1. The molecule has 0 spiro atoms. The molecule has 1 aromatic carbocycles. The molecule has 1 heterocycles. The molecule has 0 aliphatic rings. The molecule has 2 rings (SSSR count). The quantitative estimate of drug-likeness (QED) is 0.837. The minimum atomic E-state index is -0.428. The summed E-state index contributed by atoms with van der Waals surface area (Å²) in [6.07, 6.45) is 0.686. The lowest BCUT2D eigenvalue weighted by atomic mass is 10.3. The zero-order valence-electron chi connectivity index (χ0n) is 12.3. The van der Waals surface area contributed by atoms with Crippen LogP contribution in [0.4, 0.5) is 0 Å². The molecule has 21 heavy (non-hydrogen) atoms. The molecule has 0 saturated heterocycles. The van der Waals surface area contributed by atoms with Gasteiger partial charge in [-0.2, -0.15) is 5.10 Å². The standard InChI is InChI=1S/C15H20N4O2/c1-11(2)19-15(17-14(18-19)10-13(16)20)8-9-21-12-6-4-3-5-7-12/h3-7,11H,8-10H2,1-2H3,(H2,16,20). The third-order valence-corrected chi connectivity index (χ3v) is 2.90. The van der Waals surface area contributed by atoms with Gasteiger partial charge < -0.3 is 10.5 Å². The number of ether oxygens (including phenoxy) is 1. The summed E-state index contributed by atoms with van der Waals surface area (Å²) in [6, 6.07) is 9.79. The molecule has 0 unspecified atom stereocenters. The predicted molar refractivity (Wildman–Crippen MR) is 78.9 cm³/mol. The van der Waals surface area contributed by atoms with Gasteiger partial charge in [-0.15, -0.1) is 0 Å². The second-order valence-corrected chi connectivity index (χ2v) is 5.04. The first-order valence-corrected chi connectivity index (χ1v) is 6.96. The SMILES string of the molecule is CC(C)n1nc(CC(N)=O)nc1CCOc1ccccc1. The van der Waals surface area contributed by atoms with Gasteiger partial charge in [-0.05, 0) is 26.0 Å². The number of nitrogens with zero attached hydrogens (tertiary/aromatic N) is 3. The first-order valence-electron chi connectivity index (χ1n) is 6.96. The van der Waals surface area contributed by atoms with Gasteiger partial charge in [0.05, 0.1) is 13.0 Å². The second kappa shape index (κ2) is 6.88. The number of para-hydroxylation sites is 1. The summed E-state index contributed by atoms with van der Waals surface area (Å²) in [5, 5.41) is 4.32. The number of benzene rings is 1. The summed E-state index contributed by atoms with van der Waals surface area (Å²) >= 11 is 0. The average Bonchev–Trinajstić information content (AvgIpc) is 2.82. The fraction of sp³-hybridized carbons (Fsp3) is 0.400. The van der Waals surface area contributed by atoms with Crippen molar-refractivity contribution in [3.8, 4) is 5.75 Å². The highest BCUT2D eigenvalue weighted by Gasteiger charge is 2.13. The van der Waals surface area contributed by atoms with E-state index in [-0.39, 0.29) is 12.5 Å². The van der Waals surface area contributed by atoms with E-state index in [2.05, 4.69) is 10.1 Å². The lowest BCUT2D eigenvalue weighted by molar-refractivity contribution is -0.117. The van der Waals surface area contributed by atoms with Crippen molar-refractivity contribution in [1.29, 1.82) is 0 Å². The first-order chi connectivity index (χ1) is 10.1. The molecule has 0 bridgehead atoms. The van der Waals surface area contributed by atoms with Crippen molar-refractivity contribution in [3.05, 3.63) is 42.0 Å². The van der Waals surface area contributed by atoms with Crippen molar-refractivity contribution < 1.29 is 9.53 Å². The molecule has 6 heteroatoms. The molecule has 2 aromatic rings. The molecule has 1 amide bonds. The predicted octanol–water partition coefficient (Wildman–Crippen LogP) is 1.51. The Bertz CT molecular complexity index is 593. The van der Waals surface area contributed by atoms with Gasteiger partial charge in [0.15, 0.2) is 5.82 Å². The molecule has 1 aromatic heterocycles. The Hall–Kier alpha value is -2.37. The maximum atomic E-state index is 11.0. The fourth-order valence-corrected chi connectivity index (χ4v) is 2.00. The van der Waals surface area contributed by atoms with Crippen LogP contribution in [0.15, 0.2) is 30.3 Å². The van der Waals surface area contributed by atoms with Gasteiger partial charge in [-0.1, -0.05) is 18.2 Å². The van der Waals surface area contributed by atoms with Gasteiger partial charge in [0.2, 0.25) is 5.91 Å². The largest absolute Gasteiger partial charge is 0.493 e. The Balaban J connectivity index is 2.01. The molecule has 0 aliphatic carbocycles. The topological polar surface area (TPSA) is 83.0 Å². The monoisotopic (exact) mass is 288 g/mol. The Kier molecular flexibility index (Phi) is 4.92. The minimum absolute atomic E-state index is 0.0618. The molecule has 2 N–H and O–H groups in total. The Morgan fingerprint density at radius 3 is 2.67 bits per heavy atom. The van der Waals surface area contributed by atoms with E-state index in [1.165, 1.54) is 0 Å². The van der Waals surface area contributed by atoms with Crippen LogP contribution in [0.2, 0.25) is 0 Å². The minimum Gasteiger partial charge on any atom is -0.493 e. The van der Waals surface area contributed by atoms with Crippen LogP contribution in [-0.2, 0) is 17.6 Å². The van der Waals surface area contributed by atoms with Crippen molar-refractivity contribution in [2.45, 2.75) is 32.7 Å². The maximum absolute atomic E-state index is 11.0. The molecule has 0 aliphatic heterocycles. The van der Waals surface area contributed by atoms with E-state index < -0.39 is 5.91 Å². The molecule has 6 nitrogen and oxygen atoms in total. The number of amides is 1. The summed E-state index contributed by atoms with van der Waals surface area (Å²) in [6.45, 7) is 4.54. The summed E-state index contributed by atoms with van der Waals surface area (Å²) in [5.41, 5.74) is 5.18. The number of carbonyl (C=O) groups excluding carboxylic acids is 1. The smallest absolute Gasteiger partial charge is 0.225 e. The third-order valence-electron chi connectivity index (χ3n) is 2.90. The molecule has 0 saturated carbocycles. The lowest BCUT2D eigenvalue weighted by Crippen LogP contribution is -2.15. The third kappa shape index (κ3) is 4.30. The number of aromatic nitrogens is 3. The maximum Gasteiger partial charge on any atom is 0.225 e. The highest BCUT2D eigenvalue weighted by atomic mass is 16.5. The summed E-state index contributed by atoms with van der Waals surface area (Å²) in [5.74, 6) is 1.66. The Morgan fingerprint density at radius 1 is 1.33 bits per heavy atom. The second-order valence-electron chi connectivity index (χ2n) is 5.04. The molecule has 0 atom stereocenters. The number of hydrogen-bond donors (Lipinski definition) is 1. The number of primary amides is 1. The van der Waals surface area contributed by atoms with Crippen molar-refractivity contribution in [3.63, 3.8) is 0 Å². The molecule has 112 valence electrons. The number of rotatable bonds is 7. The summed E-state index contributed by atoms with van der Waals surface area (Å²) in [7, 11) is 0. The summed E-state index contributed by atoms with van der Waals surface area (Å²) in [4.78, 5) is 15.3. The highest BCUT2D eigenvalue weighted by molar-refractivity contribution is 5.75. The van der Waals surface area contributed by atoms with E-state index >= 15 is 0 Å². The van der Waals surface area contributed by atoms with Gasteiger partial charge in [0.25, 0.3) is 0 Å². The molecular formula is C15H20N4O2. The van der Waals surface area contributed by atoms with Crippen LogP contribution in [0.3, 0.4) is 0 Å². The van der Waals surface area contributed by atoms with E-state index in [9.17, 15) is 4.79 Å². The normalized spacial score (nSPS) is 10.8.